The third kappa shape index (κ3) is 3.41. The molecule has 0 saturated heterocycles. The maximum absolute atomic E-state index is 13.2. The fraction of sp³-hybridized carbons (Fsp3) is 0.240. The third-order valence-corrected chi connectivity index (χ3v) is 6.14. The standard InChI is InChI=1S/C25H25N2O.BrH/c1-18-8-10-23-22(13-18)15-27(16-25(28)20-6-4-3-5-7-20)17-26(23)14-21-12-19(2)9-11-24(21)27;/h3-13H,14-17H2,1-2H3;1H/q+1;/p-1/t27-;/m1./s1. The Bertz CT molecular complexity index is 1080. The minimum atomic E-state index is 0. The molecule has 0 aromatic heterocycles. The van der Waals surface area contributed by atoms with Gasteiger partial charge in [-0.3, -0.25) is 9.28 Å². The van der Waals surface area contributed by atoms with E-state index in [2.05, 4.69) is 55.1 Å². The Labute approximate surface area is 182 Å². The van der Waals surface area contributed by atoms with Crippen LogP contribution in [0.2, 0.25) is 0 Å². The summed E-state index contributed by atoms with van der Waals surface area (Å²) in [7, 11) is 0. The Hall–Kier alpha value is -2.43. The second kappa shape index (κ2) is 7.43. The van der Waals surface area contributed by atoms with Crippen LogP contribution in [0.1, 0.15) is 32.6 Å². The van der Waals surface area contributed by atoms with Gasteiger partial charge in [0.05, 0.1) is 12.2 Å². The third-order valence-electron chi connectivity index (χ3n) is 6.14. The number of carbonyl (C=O) groups is 1. The van der Waals surface area contributed by atoms with E-state index in [1.165, 1.54) is 33.6 Å². The number of Topliss-reactive ketones (excluding diaryl/α,β-unsaturated/α-hetero) is 1. The van der Waals surface area contributed by atoms with Gasteiger partial charge in [-0.1, -0.05) is 53.6 Å². The van der Waals surface area contributed by atoms with Gasteiger partial charge in [-0.05, 0) is 38.1 Å². The lowest BCUT2D eigenvalue weighted by atomic mass is 9.95. The number of hydrogen-bond donors (Lipinski definition) is 0. The summed E-state index contributed by atoms with van der Waals surface area (Å²) in [6.45, 7) is 7.40. The molecule has 0 amide bonds. The van der Waals surface area contributed by atoms with Gasteiger partial charge in [0.25, 0.3) is 0 Å². The zero-order valence-corrected chi connectivity index (χ0v) is 18.4. The van der Waals surface area contributed by atoms with Crippen LogP contribution in [0.5, 0.6) is 0 Å². The highest BCUT2D eigenvalue weighted by Gasteiger charge is 2.45. The van der Waals surface area contributed by atoms with Crippen molar-refractivity contribution in [1.82, 2.24) is 4.48 Å². The average Bonchev–Trinajstić information content (AvgIpc) is 2.68. The summed E-state index contributed by atoms with van der Waals surface area (Å²) in [5.41, 5.74) is 8.67. The predicted molar refractivity (Wildman–Crippen MR) is 115 cm³/mol. The molecule has 3 aromatic rings. The van der Waals surface area contributed by atoms with Crippen molar-refractivity contribution in [3.63, 3.8) is 0 Å². The Morgan fingerprint density at radius 3 is 2.38 bits per heavy atom. The van der Waals surface area contributed by atoms with Crippen molar-refractivity contribution in [2.24, 2.45) is 0 Å². The lowest BCUT2D eigenvalue weighted by Crippen LogP contribution is -3.00. The second-order valence-corrected chi connectivity index (χ2v) is 8.35. The van der Waals surface area contributed by atoms with E-state index in [4.69, 9.17) is 0 Å². The van der Waals surface area contributed by atoms with Gasteiger partial charge >= 0.3 is 0 Å². The Kier molecular flexibility index (Phi) is 5.09. The molecular formula is C25H25BrN2O. The molecule has 0 saturated carbocycles. The van der Waals surface area contributed by atoms with Crippen molar-refractivity contribution in [1.29, 1.82) is 0 Å². The van der Waals surface area contributed by atoms with Crippen molar-refractivity contribution < 1.29 is 21.8 Å². The summed E-state index contributed by atoms with van der Waals surface area (Å²) >= 11 is 0. The fourth-order valence-corrected chi connectivity index (χ4v) is 4.92. The van der Waals surface area contributed by atoms with Crippen molar-refractivity contribution in [3.8, 4) is 0 Å². The molecule has 5 rings (SSSR count). The molecule has 1 atom stereocenters. The zero-order chi connectivity index (χ0) is 19.3. The number of benzene rings is 3. The smallest absolute Gasteiger partial charge is 0.217 e. The van der Waals surface area contributed by atoms with E-state index >= 15 is 0 Å². The summed E-state index contributed by atoms with van der Waals surface area (Å²) in [4.78, 5) is 15.7. The van der Waals surface area contributed by atoms with Crippen LogP contribution in [0, 0.1) is 13.8 Å². The number of quaternary nitrogens is 1. The molecule has 0 unspecified atom stereocenters. The molecule has 0 radical (unpaired) electrons. The average molecular weight is 449 g/mol. The molecule has 0 fully saturated rings. The number of hydrogen-bond acceptors (Lipinski definition) is 2. The summed E-state index contributed by atoms with van der Waals surface area (Å²) in [6.07, 6.45) is 0. The molecular weight excluding hydrogens is 424 g/mol. The maximum atomic E-state index is 13.2. The van der Waals surface area contributed by atoms with Gasteiger partial charge in [-0.25, -0.2) is 0 Å². The molecule has 2 bridgehead atoms. The van der Waals surface area contributed by atoms with E-state index in [-0.39, 0.29) is 22.8 Å². The van der Waals surface area contributed by atoms with E-state index in [1.807, 2.05) is 30.3 Å². The Morgan fingerprint density at radius 1 is 0.931 bits per heavy atom. The van der Waals surface area contributed by atoms with Crippen LogP contribution in [0.25, 0.3) is 0 Å². The summed E-state index contributed by atoms with van der Waals surface area (Å²) < 4.78 is 0.680. The van der Waals surface area contributed by atoms with E-state index in [1.54, 1.807) is 0 Å². The highest BCUT2D eigenvalue weighted by Crippen LogP contribution is 2.43. The maximum Gasteiger partial charge on any atom is 0.217 e. The number of carbonyl (C=O) groups excluding carboxylic acids is 1. The van der Waals surface area contributed by atoms with Crippen molar-refractivity contribution in [3.05, 3.63) is 94.5 Å². The summed E-state index contributed by atoms with van der Waals surface area (Å²) in [5.74, 6) is 0.213. The molecule has 2 aliphatic rings. The first kappa shape index (κ1) is 19.9. The number of halogens is 1. The number of ketones is 1. The van der Waals surface area contributed by atoms with Crippen molar-refractivity contribution in [2.75, 3.05) is 18.1 Å². The van der Waals surface area contributed by atoms with Gasteiger partial charge in [-0.15, -0.1) is 0 Å². The van der Waals surface area contributed by atoms with Gasteiger partial charge in [0.15, 0.2) is 6.67 Å². The summed E-state index contributed by atoms with van der Waals surface area (Å²) in [5, 5.41) is 0. The predicted octanol–water partition coefficient (Wildman–Crippen LogP) is 1.99. The van der Waals surface area contributed by atoms with E-state index in [9.17, 15) is 4.79 Å². The van der Waals surface area contributed by atoms with Gasteiger partial charge in [-0.2, -0.15) is 0 Å². The number of rotatable bonds is 3. The van der Waals surface area contributed by atoms with Crippen LogP contribution in [0.15, 0.2) is 66.7 Å². The quantitative estimate of drug-likeness (QED) is 0.451. The number of nitrogens with zero attached hydrogens (tertiary/aromatic N) is 2. The SMILES string of the molecule is Cc1ccc2c(c1)C[N@@+]1(CC(=O)c3ccccc3)CN2Cc2cc(C)ccc21.[Br-]. The summed E-state index contributed by atoms with van der Waals surface area (Å²) in [6, 6.07) is 23.2. The monoisotopic (exact) mass is 448 g/mol. The van der Waals surface area contributed by atoms with Crippen LogP contribution in [0.3, 0.4) is 0 Å². The molecule has 0 N–H and O–H groups in total. The Balaban J connectivity index is 0.00000205. The molecule has 0 spiro atoms. The van der Waals surface area contributed by atoms with Crippen LogP contribution in [-0.2, 0) is 13.1 Å². The molecule has 3 aromatic carbocycles. The molecule has 29 heavy (non-hydrogen) atoms. The molecule has 2 heterocycles. The largest absolute Gasteiger partial charge is 1.00 e. The first-order valence-corrected chi connectivity index (χ1v) is 9.93. The van der Waals surface area contributed by atoms with Crippen LogP contribution >= 0.6 is 0 Å². The zero-order valence-electron chi connectivity index (χ0n) is 16.9. The first-order chi connectivity index (χ1) is 13.5. The van der Waals surface area contributed by atoms with Gasteiger partial charge in [0.1, 0.15) is 18.8 Å². The second-order valence-electron chi connectivity index (χ2n) is 8.35. The number of aryl methyl sites for hydroxylation is 2. The van der Waals surface area contributed by atoms with E-state index in [0.717, 1.165) is 25.3 Å². The van der Waals surface area contributed by atoms with Crippen LogP contribution in [-0.4, -0.2) is 19.0 Å². The molecule has 3 nitrogen and oxygen atoms in total. The van der Waals surface area contributed by atoms with E-state index < -0.39 is 0 Å². The topological polar surface area (TPSA) is 20.3 Å². The van der Waals surface area contributed by atoms with Gasteiger partial charge < -0.3 is 21.9 Å². The Morgan fingerprint density at radius 2 is 1.62 bits per heavy atom. The molecule has 4 heteroatoms. The molecule has 2 aliphatic heterocycles. The number of fused-ring (bicyclic) bond motifs is 6. The fourth-order valence-electron chi connectivity index (χ4n) is 4.92. The van der Waals surface area contributed by atoms with Crippen LogP contribution in [0.4, 0.5) is 11.4 Å². The van der Waals surface area contributed by atoms with Crippen molar-refractivity contribution in [2.45, 2.75) is 26.9 Å². The first-order valence-electron chi connectivity index (χ1n) is 9.93. The lowest BCUT2D eigenvalue weighted by Gasteiger charge is -2.50. The van der Waals surface area contributed by atoms with E-state index in [0.29, 0.717) is 11.0 Å². The highest BCUT2D eigenvalue weighted by molar-refractivity contribution is 5.99. The van der Waals surface area contributed by atoms with Gasteiger partial charge in [0, 0.05) is 16.7 Å². The molecule has 148 valence electrons. The van der Waals surface area contributed by atoms with Crippen molar-refractivity contribution >= 4 is 17.2 Å². The van der Waals surface area contributed by atoms with Crippen LogP contribution < -0.4 is 26.4 Å². The number of anilines is 1. The minimum Gasteiger partial charge on any atom is -1.00 e. The highest BCUT2D eigenvalue weighted by atomic mass is 79.9. The minimum absolute atomic E-state index is 0. The molecule has 0 aliphatic carbocycles. The van der Waals surface area contributed by atoms with Gasteiger partial charge in [0.2, 0.25) is 5.78 Å². The normalized spacial score (nSPS) is 19.0. The lowest BCUT2D eigenvalue weighted by molar-refractivity contribution is -0.0000146.